The lowest BCUT2D eigenvalue weighted by atomic mass is 10.1. The quantitative estimate of drug-likeness (QED) is 0.370. The third kappa shape index (κ3) is 2.95. The van der Waals surface area contributed by atoms with Crippen LogP contribution in [-0.2, 0) is 18.0 Å². The van der Waals surface area contributed by atoms with Gasteiger partial charge in [0.1, 0.15) is 7.11 Å². The summed E-state index contributed by atoms with van der Waals surface area (Å²) in [5.74, 6) is 0. The van der Waals surface area contributed by atoms with Crippen molar-refractivity contribution in [3.05, 3.63) is 96.1 Å². The highest BCUT2D eigenvalue weighted by molar-refractivity contribution is 6.08. The van der Waals surface area contributed by atoms with Gasteiger partial charge >= 0.3 is 0 Å². The van der Waals surface area contributed by atoms with Crippen LogP contribution in [0.15, 0.2) is 84.9 Å². The first kappa shape index (κ1) is 18.0. The monoisotopic (exact) mass is 406 g/mol. The third-order valence-electron chi connectivity index (χ3n) is 5.98. The normalized spacial score (nSPS) is 11.8. The molecule has 0 aliphatic carbocycles. The number of ether oxygens (including phenoxy) is 1. The molecule has 0 amide bonds. The lowest BCUT2D eigenvalue weighted by Crippen LogP contribution is -2.04. The van der Waals surface area contributed by atoms with Crippen LogP contribution in [0, 0.1) is 0 Å². The molecule has 0 bridgehead atoms. The minimum absolute atomic E-state index is 0.564. The van der Waals surface area contributed by atoms with Gasteiger partial charge in [-0.05, 0) is 47.5 Å². The zero-order valence-corrected chi connectivity index (χ0v) is 17.3. The van der Waals surface area contributed by atoms with Gasteiger partial charge in [0.15, 0.2) is 0 Å². The molecule has 6 aromatic rings. The molecule has 4 nitrogen and oxygen atoms in total. The van der Waals surface area contributed by atoms with E-state index in [9.17, 15) is 0 Å². The molecule has 31 heavy (non-hydrogen) atoms. The molecule has 4 heteroatoms. The first-order valence-corrected chi connectivity index (χ1v) is 10.5. The number of hydrogen-bond donors (Lipinski definition) is 1. The van der Waals surface area contributed by atoms with Crippen LogP contribution in [0.4, 0.5) is 0 Å². The molecule has 0 aliphatic rings. The van der Waals surface area contributed by atoms with Crippen LogP contribution in [0.5, 0.6) is 0 Å². The summed E-state index contributed by atoms with van der Waals surface area (Å²) in [7, 11) is 1.70. The highest BCUT2D eigenvalue weighted by Gasteiger charge is 2.11. The Morgan fingerprint density at radius 3 is 2.13 bits per heavy atom. The topological polar surface area (TPSA) is 39.2 Å². The van der Waals surface area contributed by atoms with Gasteiger partial charge in [-0.1, -0.05) is 48.5 Å². The van der Waals surface area contributed by atoms with Gasteiger partial charge in [0.25, 0.3) is 0 Å². The first-order chi connectivity index (χ1) is 15.3. The Hall–Kier alpha value is -3.76. The van der Waals surface area contributed by atoms with E-state index in [0.717, 1.165) is 22.1 Å². The second-order valence-electron chi connectivity index (χ2n) is 7.89. The van der Waals surface area contributed by atoms with Crippen LogP contribution in [0.3, 0.4) is 0 Å². The minimum atomic E-state index is 0.564. The zero-order chi connectivity index (χ0) is 20.8. The van der Waals surface area contributed by atoms with E-state index in [1.165, 1.54) is 32.6 Å². The van der Waals surface area contributed by atoms with Gasteiger partial charge in [-0.2, -0.15) is 4.73 Å². The predicted octanol–water partition coefficient (Wildman–Crippen LogP) is 6.20. The number of H-pyrrole nitrogens is 1. The summed E-state index contributed by atoms with van der Waals surface area (Å²) < 4.78 is 7.97. The van der Waals surface area contributed by atoms with E-state index in [-0.39, 0.29) is 0 Å². The molecule has 0 aliphatic heterocycles. The van der Waals surface area contributed by atoms with Gasteiger partial charge in [-0.3, -0.25) is 0 Å². The van der Waals surface area contributed by atoms with Crippen molar-refractivity contribution in [3.8, 4) is 0 Å². The second kappa shape index (κ2) is 7.18. The van der Waals surface area contributed by atoms with E-state index in [1.807, 2.05) is 10.8 Å². The van der Waals surface area contributed by atoms with Crippen LogP contribution in [0.25, 0.3) is 43.6 Å². The van der Waals surface area contributed by atoms with E-state index >= 15 is 0 Å². The largest absolute Gasteiger partial charge is 0.417 e. The molecule has 0 unspecified atom stereocenters. The van der Waals surface area contributed by atoms with Gasteiger partial charge in [0.05, 0.1) is 24.2 Å². The van der Waals surface area contributed by atoms with Crippen LogP contribution in [0.1, 0.15) is 11.1 Å². The van der Waals surface area contributed by atoms with E-state index in [2.05, 4.69) is 83.8 Å². The van der Waals surface area contributed by atoms with Crippen molar-refractivity contribution in [2.75, 3.05) is 7.11 Å². The van der Waals surface area contributed by atoms with Gasteiger partial charge < -0.3 is 14.6 Å². The zero-order valence-electron chi connectivity index (χ0n) is 17.3. The summed E-state index contributed by atoms with van der Waals surface area (Å²) in [5.41, 5.74) is 6.79. The fraction of sp³-hybridized carbons (Fsp3) is 0.111. The number of benzene rings is 4. The molecule has 1 N–H and O–H groups in total. The summed E-state index contributed by atoms with van der Waals surface area (Å²) in [5, 5.41) is 4.86. The Morgan fingerprint density at radius 2 is 1.29 bits per heavy atom. The second-order valence-corrected chi connectivity index (χ2v) is 7.89. The average Bonchev–Trinajstić information content (AvgIpc) is 3.34. The Morgan fingerprint density at radius 1 is 0.645 bits per heavy atom. The maximum Gasteiger partial charge on any atom is 0.104 e. The van der Waals surface area contributed by atoms with Gasteiger partial charge in [-0.25, -0.2) is 0 Å². The van der Waals surface area contributed by atoms with Crippen molar-refractivity contribution >= 4 is 43.6 Å². The number of nitrogens with one attached hydrogen (secondary N) is 1. The van der Waals surface area contributed by atoms with E-state index < -0.39 is 0 Å². The van der Waals surface area contributed by atoms with Gasteiger partial charge in [0.2, 0.25) is 0 Å². The molecule has 6 rings (SSSR count). The lowest BCUT2D eigenvalue weighted by molar-refractivity contribution is 0.107. The Labute approximate surface area is 179 Å². The van der Waals surface area contributed by atoms with E-state index in [1.54, 1.807) is 7.11 Å². The fourth-order valence-electron chi connectivity index (χ4n) is 4.54. The first-order valence-electron chi connectivity index (χ1n) is 10.5. The van der Waals surface area contributed by atoms with Crippen LogP contribution < -0.4 is 4.84 Å². The molecule has 0 radical (unpaired) electrons. The molecular formula is C27H22N2O2. The lowest BCUT2D eigenvalue weighted by Gasteiger charge is -2.07. The molecule has 0 saturated heterocycles. The Bertz CT molecular complexity index is 1560. The van der Waals surface area contributed by atoms with Crippen molar-refractivity contribution in [2.45, 2.75) is 13.2 Å². The number of rotatable bonds is 5. The molecule has 0 atom stereocenters. The molecule has 2 heterocycles. The summed E-state index contributed by atoms with van der Waals surface area (Å²) in [6, 6.07) is 29.6. The van der Waals surface area contributed by atoms with Crippen LogP contribution in [-0.4, -0.2) is 16.8 Å². The minimum Gasteiger partial charge on any atom is -0.417 e. The predicted molar refractivity (Wildman–Crippen MR) is 126 cm³/mol. The van der Waals surface area contributed by atoms with Crippen LogP contribution >= 0.6 is 0 Å². The summed E-state index contributed by atoms with van der Waals surface area (Å²) in [6.45, 7) is 1.14. The summed E-state index contributed by atoms with van der Waals surface area (Å²) in [6.07, 6.45) is 0. The average molecular weight is 406 g/mol. The molecule has 152 valence electrons. The number of nitrogens with zero attached hydrogens (tertiary/aromatic N) is 1. The number of fused-ring (bicyclic) bond motifs is 6. The van der Waals surface area contributed by atoms with Gasteiger partial charge in [-0.15, -0.1) is 0 Å². The summed E-state index contributed by atoms with van der Waals surface area (Å²) in [4.78, 5) is 9.07. The number of aromatic nitrogens is 2. The molecule has 2 aromatic heterocycles. The van der Waals surface area contributed by atoms with Crippen molar-refractivity contribution in [1.29, 1.82) is 0 Å². The number of para-hydroxylation sites is 2. The summed E-state index contributed by atoms with van der Waals surface area (Å²) >= 11 is 0. The molecule has 0 fully saturated rings. The SMILES string of the molecule is COn1c2ccccc2c2cc(COCc3ccc4[nH]c5ccccc5c4c3)ccc21. The van der Waals surface area contributed by atoms with Crippen molar-refractivity contribution in [3.63, 3.8) is 0 Å². The van der Waals surface area contributed by atoms with Crippen LogP contribution in [0.2, 0.25) is 0 Å². The molecular weight excluding hydrogens is 384 g/mol. The molecule has 4 aromatic carbocycles. The van der Waals surface area contributed by atoms with Crippen molar-refractivity contribution in [1.82, 2.24) is 9.71 Å². The highest BCUT2D eigenvalue weighted by Crippen LogP contribution is 2.29. The molecule has 0 saturated carbocycles. The fourth-order valence-corrected chi connectivity index (χ4v) is 4.54. The number of aromatic amines is 1. The maximum absolute atomic E-state index is 6.09. The maximum atomic E-state index is 6.09. The van der Waals surface area contributed by atoms with E-state index in [4.69, 9.17) is 9.57 Å². The third-order valence-corrected chi connectivity index (χ3v) is 5.98. The number of hydrogen-bond acceptors (Lipinski definition) is 2. The Balaban J connectivity index is 1.26. The van der Waals surface area contributed by atoms with Gasteiger partial charge in [0, 0.05) is 32.6 Å². The van der Waals surface area contributed by atoms with Crippen molar-refractivity contribution < 1.29 is 9.57 Å². The smallest absolute Gasteiger partial charge is 0.104 e. The highest BCUT2D eigenvalue weighted by atomic mass is 16.6. The Kier molecular flexibility index (Phi) is 4.18. The van der Waals surface area contributed by atoms with Crippen molar-refractivity contribution in [2.24, 2.45) is 0 Å². The van der Waals surface area contributed by atoms with E-state index in [0.29, 0.717) is 13.2 Å². The molecule has 0 spiro atoms. The standard InChI is InChI=1S/C27H22N2O2/c1-30-29-26-9-5-3-7-21(26)23-15-19(11-13-27(23)29)17-31-16-18-10-12-25-22(14-18)20-6-2-4-8-24(20)28-25/h2-15,28H,16-17H2,1H3.